The second-order valence-corrected chi connectivity index (χ2v) is 4.72. The van der Waals surface area contributed by atoms with Crippen molar-refractivity contribution in [3.05, 3.63) is 0 Å². The maximum Gasteiger partial charge on any atom is 0.251 e. The Kier molecular flexibility index (Phi) is 8.81. The van der Waals surface area contributed by atoms with Crippen LogP contribution in [-0.4, -0.2) is 45.2 Å². The highest BCUT2D eigenvalue weighted by molar-refractivity contribution is 6.28. The van der Waals surface area contributed by atoms with E-state index in [1.165, 1.54) is 39.0 Å². The van der Waals surface area contributed by atoms with E-state index in [2.05, 4.69) is 36.8 Å². The first kappa shape index (κ1) is 13.1. The van der Waals surface area contributed by atoms with Gasteiger partial charge < -0.3 is 9.13 Å². The summed E-state index contributed by atoms with van der Waals surface area (Å²) in [5.41, 5.74) is 0. The zero-order valence-electron chi connectivity index (χ0n) is 9.64. The van der Waals surface area contributed by atoms with Gasteiger partial charge >= 0.3 is 0 Å². The lowest BCUT2D eigenvalue weighted by Gasteiger charge is -2.26. The standard InChI is InChI=1S/C10H24N2Si/c1-5-9-11(7-3)13-12(8-4)10-6-2/h5-10H2,1-4H3. The second-order valence-electron chi connectivity index (χ2n) is 3.26. The van der Waals surface area contributed by atoms with Crippen molar-refractivity contribution >= 4 is 9.84 Å². The van der Waals surface area contributed by atoms with Crippen molar-refractivity contribution in [3.63, 3.8) is 0 Å². The van der Waals surface area contributed by atoms with Crippen LogP contribution in [-0.2, 0) is 0 Å². The van der Waals surface area contributed by atoms with E-state index >= 15 is 0 Å². The summed E-state index contributed by atoms with van der Waals surface area (Å²) in [6.07, 6.45) is 2.54. The molecule has 0 aromatic carbocycles. The van der Waals surface area contributed by atoms with Crippen LogP contribution in [0.15, 0.2) is 0 Å². The van der Waals surface area contributed by atoms with Gasteiger partial charge in [0.1, 0.15) is 0 Å². The molecule has 78 valence electrons. The first-order valence-electron chi connectivity index (χ1n) is 5.54. The number of hydrogen-bond acceptors (Lipinski definition) is 2. The predicted molar refractivity (Wildman–Crippen MR) is 60.8 cm³/mol. The smallest absolute Gasteiger partial charge is 0.251 e. The highest BCUT2D eigenvalue weighted by atomic mass is 28.2. The average molecular weight is 200 g/mol. The molecule has 3 heteroatoms. The normalized spacial score (nSPS) is 11.5. The number of nitrogens with zero attached hydrogens (tertiary/aromatic N) is 2. The summed E-state index contributed by atoms with van der Waals surface area (Å²) in [4.78, 5) is 0. The molecule has 0 atom stereocenters. The fourth-order valence-electron chi connectivity index (χ4n) is 1.30. The zero-order chi connectivity index (χ0) is 10.1. The summed E-state index contributed by atoms with van der Waals surface area (Å²) >= 11 is 0. The molecule has 13 heavy (non-hydrogen) atoms. The highest BCUT2D eigenvalue weighted by Gasteiger charge is 2.08. The summed E-state index contributed by atoms with van der Waals surface area (Å²) in [6, 6.07) is 0. The molecule has 0 aromatic heterocycles. The Morgan fingerprint density at radius 1 is 0.769 bits per heavy atom. The maximum absolute atomic E-state index is 2.54. The van der Waals surface area contributed by atoms with Crippen LogP contribution in [0.25, 0.3) is 0 Å². The molecular weight excluding hydrogens is 176 g/mol. The molecule has 0 saturated heterocycles. The predicted octanol–water partition coefficient (Wildman–Crippen LogP) is 1.98. The van der Waals surface area contributed by atoms with E-state index in [0.717, 1.165) is 9.84 Å². The molecule has 0 N–H and O–H groups in total. The Morgan fingerprint density at radius 3 is 1.38 bits per heavy atom. The van der Waals surface area contributed by atoms with Crippen molar-refractivity contribution in [2.75, 3.05) is 26.2 Å². The van der Waals surface area contributed by atoms with Gasteiger partial charge in [-0.2, -0.15) is 0 Å². The molecule has 0 aliphatic heterocycles. The van der Waals surface area contributed by atoms with Crippen LogP contribution in [0, 0.1) is 0 Å². The fraction of sp³-hybridized carbons (Fsp3) is 1.00. The largest absolute Gasteiger partial charge is 0.312 e. The molecule has 0 aromatic rings. The average Bonchev–Trinajstić information content (AvgIpc) is 2.16. The van der Waals surface area contributed by atoms with Gasteiger partial charge in [-0.3, -0.25) is 0 Å². The van der Waals surface area contributed by atoms with Gasteiger partial charge in [0.15, 0.2) is 0 Å². The lowest BCUT2D eigenvalue weighted by Crippen LogP contribution is -2.42. The first-order chi connectivity index (χ1) is 6.28. The van der Waals surface area contributed by atoms with Crippen molar-refractivity contribution < 1.29 is 0 Å². The Labute approximate surface area is 86.3 Å². The van der Waals surface area contributed by atoms with Crippen LogP contribution in [0.1, 0.15) is 40.5 Å². The minimum absolute atomic E-state index is 0.895. The third-order valence-corrected chi connectivity index (χ3v) is 3.68. The van der Waals surface area contributed by atoms with Crippen LogP contribution in [0.5, 0.6) is 0 Å². The summed E-state index contributed by atoms with van der Waals surface area (Å²) < 4.78 is 5.08. The molecule has 0 aliphatic carbocycles. The van der Waals surface area contributed by atoms with Crippen LogP contribution in [0.4, 0.5) is 0 Å². The van der Waals surface area contributed by atoms with Gasteiger partial charge in [0, 0.05) is 0 Å². The molecule has 0 spiro atoms. The molecule has 0 bridgehead atoms. The lowest BCUT2D eigenvalue weighted by atomic mass is 10.5. The minimum Gasteiger partial charge on any atom is -0.312 e. The van der Waals surface area contributed by atoms with Gasteiger partial charge in [0.05, 0.1) is 0 Å². The molecule has 0 fully saturated rings. The van der Waals surface area contributed by atoms with Crippen LogP contribution < -0.4 is 0 Å². The van der Waals surface area contributed by atoms with E-state index in [4.69, 9.17) is 0 Å². The molecule has 0 saturated carbocycles. The summed E-state index contributed by atoms with van der Waals surface area (Å²) in [5, 5.41) is 0. The van der Waals surface area contributed by atoms with Crippen molar-refractivity contribution in [2.24, 2.45) is 0 Å². The Balaban J connectivity index is 3.73. The maximum atomic E-state index is 2.54. The van der Waals surface area contributed by atoms with E-state index in [-0.39, 0.29) is 0 Å². The molecule has 0 unspecified atom stereocenters. The third kappa shape index (κ3) is 6.24. The van der Waals surface area contributed by atoms with Gasteiger partial charge in [-0.05, 0) is 39.0 Å². The van der Waals surface area contributed by atoms with Gasteiger partial charge in [0.25, 0.3) is 9.84 Å². The zero-order valence-corrected chi connectivity index (χ0v) is 10.6. The lowest BCUT2D eigenvalue weighted by molar-refractivity contribution is 0.379. The summed E-state index contributed by atoms with van der Waals surface area (Å²) in [6.45, 7) is 13.9. The van der Waals surface area contributed by atoms with E-state index in [0.29, 0.717) is 0 Å². The van der Waals surface area contributed by atoms with E-state index in [1.54, 1.807) is 0 Å². The quantitative estimate of drug-likeness (QED) is 0.553. The van der Waals surface area contributed by atoms with Crippen molar-refractivity contribution in [3.8, 4) is 0 Å². The van der Waals surface area contributed by atoms with Crippen molar-refractivity contribution in [2.45, 2.75) is 40.5 Å². The summed E-state index contributed by atoms with van der Waals surface area (Å²) in [5.74, 6) is 0. The molecule has 0 rings (SSSR count). The number of hydrogen-bond donors (Lipinski definition) is 0. The van der Waals surface area contributed by atoms with Gasteiger partial charge in [-0.1, -0.05) is 27.7 Å². The first-order valence-corrected chi connectivity index (χ1v) is 6.43. The molecule has 0 aliphatic rings. The monoisotopic (exact) mass is 200 g/mol. The topological polar surface area (TPSA) is 6.48 Å². The Hall–Kier alpha value is 0.137. The van der Waals surface area contributed by atoms with Gasteiger partial charge in [-0.25, -0.2) is 0 Å². The molecule has 0 amide bonds. The van der Waals surface area contributed by atoms with Crippen molar-refractivity contribution in [1.29, 1.82) is 0 Å². The Morgan fingerprint density at radius 2 is 1.15 bits per heavy atom. The molecule has 2 radical (unpaired) electrons. The molecule has 0 heterocycles. The Bertz CT molecular complexity index is 97.1. The molecular formula is C10H24N2Si. The van der Waals surface area contributed by atoms with Gasteiger partial charge in [0.2, 0.25) is 0 Å². The van der Waals surface area contributed by atoms with E-state index in [9.17, 15) is 0 Å². The summed E-state index contributed by atoms with van der Waals surface area (Å²) in [7, 11) is 0.895. The van der Waals surface area contributed by atoms with Crippen molar-refractivity contribution in [1.82, 2.24) is 9.13 Å². The SMILES string of the molecule is CCCN(CC)[Si]N(CC)CCC. The fourth-order valence-corrected chi connectivity index (χ4v) is 2.63. The van der Waals surface area contributed by atoms with Crippen LogP contribution >= 0.6 is 0 Å². The highest BCUT2D eigenvalue weighted by Crippen LogP contribution is 1.94. The molecule has 2 nitrogen and oxygen atoms in total. The second kappa shape index (κ2) is 8.72. The third-order valence-electron chi connectivity index (χ3n) is 2.03. The number of rotatable bonds is 8. The van der Waals surface area contributed by atoms with E-state index in [1.807, 2.05) is 0 Å². The minimum atomic E-state index is 0.895. The van der Waals surface area contributed by atoms with Crippen LogP contribution in [0.2, 0.25) is 0 Å². The van der Waals surface area contributed by atoms with Crippen LogP contribution in [0.3, 0.4) is 0 Å². The van der Waals surface area contributed by atoms with E-state index < -0.39 is 0 Å². The van der Waals surface area contributed by atoms with Gasteiger partial charge in [-0.15, -0.1) is 0 Å².